The van der Waals surface area contributed by atoms with E-state index in [0.717, 1.165) is 6.42 Å². The summed E-state index contributed by atoms with van der Waals surface area (Å²) in [6, 6.07) is 0.501. The average molecular weight is 267 g/mol. The quantitative estimate of drug-likeness (QED) is 0.716. The smallest absolute Gasteiger partial charge is 0.238 e. The van der Waals surface area contributed by atoms with Crippen LogP contribution in [0.1, 0.15) is 39.0 Å². The Balaban J connectivity index is 1.79. The molecule has 1 unspecified atom stereocenters. The van der Waals surface area contributed by atoms with Gasteiger partial charge in [0.05, 0.1) is 0 Å². The molecule has 1 heterocycles. The number of primary amides is 1. The van der Waals surface area contributed by atoms with E-state index in [2.05, 4.69) is 11.8 Å². The molecule has 5 heteroatoms. The van der Waals surface area contributed by atoms with Gasteiger partial charge in [-0.2, -0.15) is 0 Å². The lowest BCUT2D eigenvalue weighted by molar-refractivity contribution is -0.142. The fourth-order valence-corrected chi connectivity index (χ4v) is 2.90. The first-order valence-corrected chi connectivity index (χ1v) is 7.27. The molecule has 2 aliphatic rings. The van der Waals surface area contributed by atoms with E-state index in [1.807, 2.05) is 0 Å². The van der Waals surface area contributed by atoms with Crippen molar-refractivity contribution in [3.63, 3.8) is 0 Å². The third-order valence-electron chi connectivity index (χ3n) is 4.62. The largest absolute Gasteiger partial charge is 0.369 e. The number of nitrogens with two attached hydrogens (primary N) is 1. The molecule has 2 N–H and O–H groups in total. The van der Waals surface area contributed by atoms with Crippen LogP contribution in [0.4, 0.5) is 0 Å². The van der Waals surface area contributed by atoms with E-state index in [4.69, 9.17) is 5.73 Å². The summed E-state index contributed by atoms with van der Waals surface area (Å²) in [7, 11) is 1.78. The zero-order chi connectivity index (χ0) is 14.0. The van der Waals surface area contributed by atoms with E-state index < -0.39 is 11.3 Å². The van der Waals surface area contributed by atoms with Gasteiger partial charge in [-0.3, -0.25) is 9.59 Å². The Hall–Kier alpha value is -1.10. The van der Waals surface area contributed by atoms with Crippen LogP contribution in [-0.2, 0) is 9.59 Å². The van der Waals surface area contributed by atoms with Crippen molar-refractivity contribution in [2.45, 2.75) is 45.1 Å². The van der Waals surface area contributed by atoms with E-state index in [-0.39, 0.29) is 5.91 Å². The first-order valence-electron chi connectivity index (χ1n) is 7.27. The molecule has 0 radical (unpaired) electrons. The molecule has 1 aliphatic carbocycles. The molecule has 1 aliphatic heterocycles. The van der Waals surface area contributed by atoms with Gasteiger partial charge in [-0.1, -0.05) is 0 Å². The monoisotopic (exact) mass is 267 g/mol. The summed E-state index contributed by atoms with van der Waals surface area (Å²) in [5, 5.41) is 0. The molecule has 0 spiro atoms. The molecule has 0 aromatic rings. The maximum Gasteiger partial charge on any atom is 0.238 e. The van der Waals surface area contributed by atoms with Crippen molar-refractivity contribution in [1.82, 2.24) is 9.80 Å². The van der Waals surface area contributed by atoms with Crippen LogP contribution in [-0.4, -0.2) is 54.3 Å². The summed E-state index contributed by atoms with van der Waals surface area (Å²) in [5.41, 5.74) is 4.46. The zero-order valence-corrected chi connectivity index (χ0v) is 12.0. The third kappa shape index (κ3) is 2.91. The first-order chi connectivity index (χ1) is 8.97. The maximum absolute atomic E-state index is 12.2. The number of carbonyl (C=O) groups is 2. The Morgan fingerprint density at radius 1 is 1.32 bits per heavy atom. The summed E-state index contributed by atoms with van der Waals surface area (Å²) in [4.78, 5) is 27.7. The second-order valence-corrected chi connectivity index (χ2v) is 6.05. The van der Waals surface area contributed by atoms with Gasteiger partial charge < -0.3 is 15.5 Å². The van der Waals surface area contributed by atoms with Crippen molar-refractivity contribution in [2.24, 2.45) is 11.1 Å². The molecule has 19 heavy (non-hydrogen) atoms. The predicted molar refractivity (Wildman–Crippen MR) is 73.4 cm³/mol. The zero-order valence-electron chi connectivity index (χ0n) is 12.0. The van der Waals surface area contributed by atoms with Crippen LogP contribution in [0, 0.1) is 5.41 Å². The van der Waals surface area contributed by atoms with Crippen LogP contribution in [0.25, 0.3) is 0 Å². The maximum atomic E-state index is 12.2. The van der Waals surface area contributed by atoms with Crippen molar-refractivity contribution in [3.05, 3.63) is 0 Å². The molecular weight excluding hydrogens is 242 g/mol. The lowest BCUT2D eigenvalue weighted by Gasteiger charge is -2.27. The number of likely N-dealkylation sites (tertiary alicyclic amines) is 1. The van der Waals surface area contributed by atoms with Crippen molar-refractivity contribution in [3.8, 4) is 0 Å². The molecule has 0 aromatic carbocycles. The first kappa shape index (κ1) is 14.3. The normalized spacial score (nSPS) is 23.1. The Labute approximate surface area is 115 Å². The second kappa shape index (κ2) is 5.49. The Morgan fingerprint density at radius 2 is 1.89 bits per heavy atom. The summed E-state index contributed by atoms with van der Waals surface area (Å²) in [6.45, 7) is 5.25. The van der Waals surface area contributed by atoms with Crippen LogP contribution >= 0.6 is 0 Å². The SMILES string of the molecule is CC(CCN(C)C(=O)C1(C(N)=O)CC1)N1CCCC1. The van der Waals surface area contributed by atoms with E-state index in [0.29, 0.717) is 25.4 Å². The molecule has 1 saturated heterocycles. The van der Waals surface area contributed by atoms with Gasteiger partial charge in [-0.05, 0) is 52.1 Å². The Kier molecular flexibility index (Phi) is 4.13. The van der Waals surface area contributed by atoms with Gasteiger partial charge in [0, 0.05) is 19.6 Å². The molecule has 2 amide bonds. The van der Waals surface area contributed by atoms with Crippen LogP contribution < -0.4 is 5.73 Å². The van der Waals surface area contributed by atoms with E-state index >= 15 is 0 Å². The molecule has 1 atom stereocenters. The van der Waals surface area contributed by atoms with Crippen molar-refractivity contribution in [2.75, 3.05) is 26.7 Å². The van der Waals surface area contributed by atoms with Gasteiger partial charge in [-0.25, -0.2) is 0 Å². The molecule has 2 fully saturated rings. The van der Waals surface area contributed by atoms with Gasteiger partial charge in [0.1, 0.15) is 5.41 Å². The number of carbonyl (C=O) groups excluding carboxylic acids is 2. The number of hydrogen-bond donors (Lipinski definition) is 1. The molecule has 2 rings (SSSR count). The highest BCUT2D eigenvalue weighted by atomic mass is 16.2. The van der Waals surface area contributed by atoms with Gasteiger partial charge in [-0.15, -0.1) is 0 Å². The van der Waals surface area contributed by atoms with E-state index in [1.165, 1.54) is 25.9 Å². The standard InChI is InChI=1S/C14H25N3O2/c1-11(17-8-3-4-9-17)5-10-16(2)13(19)14(6-7-14)12(15)18/h11H,3-10H2,1-2H3,(H2,15,18). The van der Waals surface area contributed by atoms with Gasteiger partial charge in [0.25, 0.3) is 0 Å². The third-order valence-corrected chi connectivity index (χ3v) is 4.62. The Morgan fingerprint density at radius 3 is 2.37 bits per heavy atom. The molecule has 0 bridgehead atoms. The number of nitrogens with zero attached hydrogens (tertiary/aromatic N) is 2. The Bertz CT molecular complexity index is 360. The van der Waals surface area contributed by atoms with Crippen molar-refractivity contribution < 1.29 is 9.59 Å². The van der Waals surface area contributed by atoms with Gasteiger partial charge in [0.15, 0.2) is 0 Å². The minimum atomic E-state index is -0.869. The average Bonchev–Trinajstić information content (AvgIpc) is 3.02. The minimum Gasteiger partial charge on any atom is -0.369 e. The van der Waals surface area contributed by atoms with E-state index in [1.54, 1.807) is 11.9 Å². The van der Waals surface area contributed by atoms with Crippen LogP contribution in [0.5, 0.6) is 0 Å². The van der Waals surface area contributed by atoms with Crippen molar-refractivity contribution in [1.29, 1.82) is 0 Å². The molecule has 108 valence electrons. The number of hydrogen-bond acceptors (Lipinski definition) is 3. The topological polar surface area (TPSA) is 66.6 Å². The summed E-state index contributed by atoms with van der Waals surface area (Å²) >= 11 is 0. The second-order valence-electron chi connectivity index (χ2n) is 6.05. The highest BCUT2D eigenvalue weighted by Crippen LogP contribution is 2.46. The fourth-order valence-electron chi connectivity index (χ4n) is 2.90. The van der Waals surface area contributed by atoms with Gasteiger partial charge >= 0.3 is 0 Å². The fraction of sp³-hybridized carbons (Fsp3) is 0.857. The number of rotatable bonds is 6. The highest BCUT2D eigenvalue weighted by Gasteiger charge is 2.56. The van der Waals surface area contributed by atoms with Crippen LogP contribution in [0.2, 0.25) is 0 Å². The number of amides is 2. The molecule has 0 aromatic heterocycles. The molecular formula is C14H25N3O2. The van der Waals surface area contributed by atoms with Crippen LogP contribution in [0.3, 0.4) is 0 Å². The minimum absolute atomic E-state index is 0.0892. The van der Waals surface area contributed by atoms with E-state index in [9.17, 15) is 9.59 Å². The predicted octanol–water partition coefficient (Wildman–Crippen LogP) is 0.585. The summed E-state index contributed by atoms with van der Waals surface area (Å²) in [5.74, 6) is -0.550. The lowest BCUT2D eigenvalue weighted by atomic mass is 10.0. The highest BCUT2D eigenvalue weighted by molar-refractivity contribution is 6.07. The molecule has 5 nitrogen and oxygen atoms in total. The van der Waals surface area contributed by atoms with Crippen molar-refractivity contribution >= 4 is 11.8 Å². The molecule has 1 saturated carbocycles. The summed E-state index contributed by atoms with van der Waals surface area (Å²) in [6.07, 6.45) is 4.76. The summed E-state index contributed by atoms with van der Waals surface area (Å²) < 4.78 is 0. The van der Waals surface area contributed by atoms with Gasteiger partial charge in [0.2, 0.25) is 11.8 Å². The van der Waals surface area contributed by atoms with Crippen LogP contribution in [0.15, 0.2) is 0 Å². The lowest BCUT2D eigenvalue weighted by Crippen LogP contribution is -2.43.